The fourth-order valence-electron chi connectivity index (χ4n) is 9.29. The van der Waals surface area contributed by atoms with Crippen LogP contribution in [0.2, 0.25) is 0 Å². The molecule has 7 heteroatoms. The SMILES string of the molecule is C=C(C)C(=O)OCCO[C@H]1CC[C@@]2(C)[C@@H](C1)C[C@@H](O)[C@@H]1[C@@H]2C[C@H](O)[C@]2(C)[C@@H]([C@H](C)CCC(=O)O)CC[C@@H]12. The second-order valence-corrected chi connectivity index (χ2v) is 13.2. The van der Waals surface area contributed by atoms with Crippen LogP contribution in [0.4, 0.5) is 0 Å². The first-order valence-corrected chi connectivity index (χ1v) is 14.4. The number of hydrogen-bond acceptors (Lipinski definition) is 6. The van der Waals surface area contributed by atoms with Gasteiger partial charge in [-0.05, 0) is 105 Å². The van der Waals surface area contributed by atoms with E-state index >= 15 is 0 Å². The second-order valence-electron chi connectivity index (χ2n) is 13.2. The average molecular weight is 521 g/mol. The summed E-state index contributed by atoms with van der Waals surface area (Å²) in [5, 5.41) is 32.4. The Morgan fingerprint density at radius 3 is 2.46 bits per heavy atom. The minimum absolute atomic E-state index is 0.0610. The molecule has 37 heavy (non-hydrogen) atoms. The van der Waals surface area contributed by atoms with E-state index in [9.17, 15) is 24.9 Å². The van der Waals surface area contributed by atoms with Crippen LogP contribution in [-0.2, 0) is 19.1 Å². The lowest BCUT2D eigenvalue weighted by Crippen LogP contribution is -2.62. The molecule has 4 aliphatic rings. The standard InChI is InChI=1S/C30H48O7/c1-17(2)28(35)37-13-12-36-20-10-11-29(4)19(14-20)15-24(31)27-22-8-7-21(18(3)6-9-26(33)34)30(22,5)25(32)16-23(27)29/h18-25,27,31-32H,1,6-16H2,2-5H3,(H,33,34)/t18-,19+,20+,21-,22+,23+,24-,25+,27+,29+,30-/m1/s1. The highest BCUT2D eigenvalue weighted by molar-refractivity contribution is 5.86. The van der Waals surface area contributed by atoms with Gasteiger partial charge in [0.25, 0.3) is 0 Å². The summed E-state index contributed by atoms with van der Waals surface area (Å²) in [6.45, 7) is 12.6. The van der Waals surface area contributed by atoms with Crippen LogP contribution in [-0.4, -0.2) is 58.8 Å². The first-order valence-electron chi connectivity index (χ1n) is 14.4. The van der Waals surface area contributed by atoms with Crippen LogP contribution in [0.5, 0.6) is 0 Å². The Bertz CT molecular complexity index is 872. The zero-order valence-electron chi connectivity index (χ0n) is 23.2. The van der Waals surface area contributed by atoms with Crippen molar-refractivity contribution in [3.8, 4) is 0 Å². The van der Waals surface area contributed by atoms with Crippen LogP contribution in [0.15, 0.2) is 12.2 Å². The summed E-state index contributed by atoms with van der Waals surface area (Å²) < 4.78 is 11.2. The third kappa shape index (κ3) is 5.25. The summed E-state index contributed by atoms with van der Waals surface area (Å²) in [6, 6.07) is 0. The minimum Gasteiger partial charge on any atom is -0.481 e. The molecule has 0 unspecified atom stereocenters. The molecule has 4 aliphatic carbocycles. The van der Waals surface area contributed by atoms with Gasteiger partial charge in [-0.2, -0.15) is 0 Å². The maximum absolute atomic E-state index is 11.7. The fraction of sp³-hybridized carbons (Fsp3) is 0.867. The van der Waals surface area contributed by atoms with E-state index in [4.69, 9.17) is 9.47 Å². The normalized spacial score (nSPS) is 43.7. The van der Waals surface area contributed by atoms with Gasteiger partial charge < -0.3 is 24.8 Å². The average Bonchev–Trinajstić information content (AvgIpc) is 3.20. The summed E-state index contributed by atoms with van der Waals surface area (Å²) in [5.74, 6) is 0.439. The Labute approximate surface area is 222 Å². The third-order valence-corrected chi connectivity index (χ3v) is 11.3. The van der Waals surface area contributed by atoms with Crippen molar-refractivity contribution in [1.82, 2.24) is 0 Å². The highest BCUT2D eigenvalue weighted by Crippen LogP contribution is 2.68. The monoisotopic (exact) mass is 520 g/mol. The predicted molar refractivity (Wildman–Crippen MR) is 140 cm³/mol. The molecule has 7 nitrogen and oxygen atoms in total. The highest BCUT2D eigenvalue weighted by Gasteiger charge is 2.65. The van der Waals surface area contributed by atoms with E-state index in [-0.39, 0.29) is 65.7 Å². The van der Waals surface area contributed by atoms with Gasteiger partial charge in [-0.25, -0.2) is 4.79 Å². The summed E-state index contributed by atoms with van der Waals surface area (Å²) >= 11 is 0. The molecule has 0 aromatic carbocycles. The first kappa shape index (κ1) is 28.6. The first-order chi connectivity index (χ1) is 17.4. The maximum Gasteiger partial charge on any atom is 0.333 e. The lowest BCUT2D eigenvalue weighted by Gasteiger charge is -2.63. The molecule has 0 amide bonds. The zero-order valence-corrected chi connectivity index (χ0v) is 23.2. The number of carboxylic acids is 1. The van der Waals surface area contributed by atoms with Crippen molar-refractivity contribution < 1.29 is 34.4 Å². The zero-order chi connectivity index (χ0) is 27.1. The molecule has 3 N–H and O–H groups in total. The van der Waals surface area contributed by atoms with Crippen LogP contribution in [0.3, 0.4) is 0 Å². The smallest absolute Gasteiger partial charge is 0.333 e. The molecule has 4 saturated carbocycles. The Morgan fingerprint density at radius 2 is 1.78 bits per heavy atom. The predicted octanol–water partition coefficient (Wildman–Crippen LogP) is 4.59. The van der Waals surface area contributed by atoms with Gasteiger partial charge in [0.05, 0.1) is 24.9 Å². The van der Waals surface area contributed by atoms with Gasteiger partial charge in [0, 0.05) is 12.0 Å². The number of aliphatic carboxylic acids is 1. The molecule has 4 rings (SSSR count). The Hall–Kier alpha value is -1.44. The number of carbonyl (C=O) groups is 2. The van der Waals surface area contributed by atoms with Crippen LogP contribution < -0.4 is 0 Å². The van der Waals surface area contributed by atoms with Crippen molar-refractivity contribution in [1.29, 1.82) is 0 Å². The van der Waals surface area contributed by atoms with Crippen LogP contribution >= 0.6 is 0 Å². The maximum atomic E-state index is 11.7. The minimum atomic E-state index is -0.759. The molecular formula is C30H48O7. The number of fused-ring (bicyclic) bond motifs is 5. The lowest BCUT2D eigenvalue weighted by atomic mass is 9.43. The summed E-state index contributed by atoms with van der Waals surface area (Å²) in [5.41, 5.74) is 0.171. The molecule has 4 fully saturated rings. The molecule has 0 bridgehead atoms. The molecule has 210 valence electrons. The molecular weight excluding hydrogens is 472 g/mol. The molecule has 0 saturated heterocycles. The van der Waals surface area contributed by atoms with E-state index in [0.29, 0.717) is 30.9 Å². The van der Waals surface area contributed by atoms with Crippen LogP contribution in [0, 0.1) is 46.3 Å². The Balaban J connectivity index is 1.42. The van der Waals surface area contributed by atoms with Crippen molar-refractivity contribution in [2.45, 2.75) is 104 Å². The van der Waals surface area contributed by atoms with Crippen LogP contribution in [0.1, 0.15) is 85.5 Å². The molecule has 11 atom stereocenters. The Kier molecular flexibility index (Phi) is 8.47. The number of rotatable bonds is 9. The van der Waals surface area contributed by atoms with E-state index in [1.165, 1.54) is 0 Å². The number of carbonyl (C=O) groups excluding carboxylic acids is 1. The molecule has 0 aliphatic heterocycles. The number of aliphatic hydroxyl groups excluding tert-OH is 2. The van der Waals surface area contributed by atoms with Gasteiger partial charge >= 0.3 is 11.9 Å². The van der Waals surface area contributed by atoms with Crippen LogP contribution in [0.25, 0.3) is 0 Å². The van der Waals surface area contributed by atoms with Gasteiger partial charge in [0.1, 0.15) is 6.61 Å². The largest absolute Gasteiger partial charge is 0.481 e. The number of hydrogen-bond donors (Lipinski definition) is 3. The second kappa shape index (κ2) is 11.0. The van der Waals surface area contributed by atoms with E-state index in [2.05, 4.69) is 27.4 Å². The molecule has 0 aromatic rings. The number of ether oxygens (including phenoxy) is 2. The van der Waals surface area contributed by atoms with Gasteiger partial charge in [0.2, 0.25) is 0 Å². The van der Waals surface area contributed by atoms with E-state index < -0.39 is 18.0 Å². The van der Waals surface area contributed by atoms with Crippen molar-refractivity contribution in [3.05, 3.63) is 12.2 Å². The summed E-state index contributed by atoms with van der Waals surface area (Å²) in [7, 11) is 0. The highest BCUT2D eigenvalue weighted by atomic mass is 16.6. The van der Waals surface area contributed by atoms with Crippen molar-refractivity contribution in [2.75, 3.05) is 13.2 Å². The van der Waals surface area contributed by atoms with E-state index in [1.54, 1.807) is 6.92 Å². The van der Waals surface area contributed by atoms with E-state index in [0.717, 1.165) is 38.5 Å². The van der Waals surface area contributed by atoms with Crippen molar-refractivity contribution >= 4 is 11.9 Å². The molecule has 0 heterocycles. The van der Waals surface area contributed by atoms with Gasteiger partial charge in [-0.1, -0.05) is 27.4 Å². The number of aliphatic hydroxyl groups is 2. The van der Waals surface area contributed by atoms with Gasteiger partial charge in [-0.3, -0.25) is 4.79 Å². The van der Waals surface area contributed by atoms with Crippen molar-refractivity contribution in [2.24, 2.45) is 46.3 Å². The van der Waals surface area contributed by atoms with Gasteiger partial charge in [-0.15, -0.1) is 0 Å². The quantitative estimate of drug-likeness (QED) is 0.231. The molecule has 0 aromatic heterocycles. The number of esters is 1. The Morgan fingerprint density at radius 1 is 1.05 bits per heavy atom. The lowest BCUT2D eigenvalue weighted by molar-refractivity contribution is -0.209. The molecule has 0 radical (unpaired) electrons. The topological polar surface area (TPSA) is 113 Å². The number of carboxylic acid groups (broad SMARTS) is 1. The third-order valence-electron chi connectivity index (χ3n) is 11.3. The van der Waals surface area contributed by atoms with Crippen molar-refractivity contribution in [3.63, 3.8) is 0 Å². The van der Waals surface area contributed by atoms with Gasteiger partial charge in [0.15, 0.2) is 0 Å². The summed E-state index contributed by atoms with van der Waals surface area (Å²) in [4.78, 5) is 22.8. The summed E-state index contributed by atoms with van der Waals surface area (Å²) in [6.07, 6.45) is 6.40. The molecule has 0 spiro atoms. The van der Waals surface area contributed by atoms with E-state index in [1.807, 2.05) is 0 Å². The fourth-order valence-corrected chi connectivity index (χ4v) is 9.29.